The maximum absolute atomic E-state index is 13.2. The third kappa shape index (κ3) is 3.56. The molecule has 0 saturated carbocycles. The number of rotatable bonds is 5. The number of fused-ring (bicyclic) bond motifs is 1. The first-order valence-corrected chi connectivity index (χ1v) is 7.04. The van der Waals surface area contributed by atoms with E-state index in [2.05, 4.69) is 10.3 Å². The van der Waals surface area contributed by atoms with Crippen LogP contribution >= 0.6 is 0 Å². The Bertz CT molecular complexity index is 617. The molecular formula is C15H19F3N2O. The summed E-state index contributed by atoms with van der Waals surface area (Å²) in [6.07, 6.45) is -3.53. The molecular weight excluding hydrogens is 281 g/mol. The lowest BCUT2D eigenvalue weighted by Gasteiger charge is -2.10. The SMILES string of the molecule is CCCNCc1cc(C(F)(F)F)c2oc(C(C)C)nc2c1. The average Bonchev–Trinajstić information content (AvgIpc) is 2.80. The van der Waals surface area contributed by atoms with Gasteiger partial charge in [-0.05, 0) is 30.7 Å². The smallest absolute Gasteiger partial charge is 0.420 e. The van der Waals surface area contributed by atoms with Crippen molar-refractivity contribution < 1.29 is 17.6 Å². The molecule has 2 rings (SSSR count). The van der Waals surface area contributed by atoms with Crippen LogP contribution in [0.3, 0.4) is 0 Å². The van der Waals surface area contributed by atoms with Crippen LogP contribution in [0.5, 0.6) is 0 Å². The van der Waals surface area contributed by atoms with Crippen LogP contribution in [0.1, 0.15) is 50.1 Å². The zero-order valence-corrected chi connectivity index (χ0v) is 12.3. The molecule has 3 nitrogen and oxygen atoms in total. The number of nitrogens with zero attached hydrogens (tertiary/aromatic N) is 1. The molecule has 1 heterocycles. The van der Waals surface area contributed by atoms with Gasteiger partial charge in [0.1, 0.15) is 11.1 Å². The number of nitrogens with one attached hydrogen (secondary N) is 1. The Morgan fingerprint density at radius 3 is 2.57 bits per heavy atom. The zero-order valence-electron chi connectivity index (χ0n) is 12.3. The number of benzene rings is 1. The fraction of sp³-hybridized carbons (Fsp3) is 0.533. The number of hydrogen-bond acceptors (Lipinski definition) is 3. The molecule has 0 amide bonds. The van der Waals surface area contributed by atoms with Gasteiger partial charge in [-0.15, -0.1) is 0 Å². The molecule has 1 N–H and O–H groups in total. The molecule has 0 fully saturated rings. The molecule has 0 atom stereocenters. The molecule has 1 aromatic carbocycles. The van der Waals surface area contributed by atoms with E-state index in [1.807, 2.05) is 20.8 Å². The highest BCUT2D eigenvalue weighted by atomic mass is 19.4. The van der Waals surface area contributed by atoms with E-state index < -0.39 is 11.7 Å². The van der Waals surface area contributed by atoms with Crippen molar-refractivity contribution in [3.63, 3.8) is 0 Å². The summed E-state index contributed by atoms with van der Waals surface area (Å²) < 4.78 is 44.9. The van der Waals surface area contributed by atoms with Gasteiger partial charge in [-0.2, -0.15) is 13.2 Å². The number of hydrogen-bond donors (Lipinski definition) is 1. The Morgan fingerprint density at radius 1 is 1.29 bits per heavy atom. The minimum atomic E-state index is -4.45. The van der Waals surface area contributed by atoms with Crippen molar-refractivity contribution in [2.45, 2.75) is 45.8 Å². The molecule has 0 aliphatic heterocycles. The standard InChI is InChI=1S/C15H19F3N2O/c1-4-5-19-8-10-6-11(15(16,17)18)13-12(7-10)20-14(21-13)9(2)3/h6-7,9,19H,4-5,8H2,1-3H3. The van der Waals surface area contributed by atoms with Gasteiger partial charge < -0.3 is 9.73 Å². The van der Waals surface area contributed by atoms with E-state index in [9.17, 15) is 13.2 Å². The predicted molar refractivity (Wildman–Crippen MR) is 75.1 cm³/mol. The van der Waals surface area contributed by atoms with Gasteiger partial charge in [-0.3, -0.25) is 0 Å². The molecule has 1 aromatic heterocycles. The molecule has 0 aliphatic rings. The molecule has 0 radical (unpaired) electrons. The lowest BCUT2D eigenvalue weighted by molar-refractivity contribution is -0.136. The van der Waals surface area contributed by atoms with Gasteiger partial charge in [0.05, 0.1) is 0 Å². The van der Waals surface area contributed by atoms with Crippen LogP contribution in [0.15, 0.2) is 16.5 Å². The van der Waals surface area contributed by atoms with Crippen LogP contribution in [0.25, 0.3) is 11.1 Å². The van der Waals surface area contributed by atoms with Crippen LogP contribution in [0.4, 0.5) is 13.2 Å². The summed E-state index contributed by atoms with van der Waals surface area (Å²) in [6.45, 7) is 6.82. The molecule has 0 bridgehead atoms. The highest BCUT2D eigenvalue weighted by Gasteiger charge is 2.35. The quantitative estimate of drug-likeness (QED) is 0.828. The Kier molecular flexibility index (Phi) is 4.56. The summed E-state index contributed by atoms with van der Waals surface area (Å²) in [7, 11) is 0. The number of alkyl halides is 3. The number of aromatic nitrogens is 1. The van der Waals surface area contributed by atoms with Gasteiger partial charge in [0.2, 0.25) is 0 Å². The van der Waals surface area contributed by atoms with E-state index in [1.165, 1.54) is 0 Å². The molecule has 116 valence electrons. The van der Waals surface area contributed by atoms with Crippen molar-refractivity contribution in [3.05, 3.63) is 29.2 Å². The summed E-state index contributed by atoms with van der Waals surface area (Å²) in [5.41, 5.74) is -0.105. The fourth-order valence-electron chi connectivity index (χ4n) is 2.08. The van der Waals surface area contributed by atoms with E-state index in [4.69, 9.17) is 4.42 Å². The third-order valence-corrected chi connectivity index (χ3v) is 3.12. The minimum Gasteiger partial charge on any atom is -0.440 e. The van der Waals surface area contributed by atoms with Crippen molar-refractivity contribution in [2.75, 3.05) is 6.54 Å². The van der Waals surface area contributed by atoms with E-state index in [0.29, 0.717) is 18.0 Å². The largest absolute Gasteiger partial charge is 0.440 e. The van der Waals surface area contributed by atoms with Gasteiger partial charge in [-0.25, -0.2) is 4.98 Å². The van der Waals surface area contributed by atoms with Crippen molar-refractivity contribution in [3.8, 4) is 0 Å². The van der Waals surface area contributed by atoms with Gasteiger partial charge in [0.25, 0.3) is 0 Å². The first kappa shape index (κ1) is 15.8. The van der Waals surface area contributed by atoms with Crippen LogP contribution in [0.2, 0.25) is 0 Å². The summed E-state index contributed by atoms with van der Waals surface area (Å²) in [5, 5.41) is 3.10. The molecule has 0 spiro atoms. The normalized spacial score (nSPS) is 12.5. The first-order chi connectivity index (χ1) is 9.82. The lowest BCUT2D eigenvalue weighted by atomic mass is 10.1. The molecule has 21 heavy (non-hydrogen) atoms. The van der Waals surface area contributed by atoms with E-state index in [0.717, 1.165) is 19.0 Å². The molecule has 2 aromatic rings. The van der Waals surface area contributed by atoms with Crippen LogP contribution in [-0.2, 0) is 12.7 Å². The van der Waals surface area contributed by atoms with E-state index in [1.54, 1.807) is 6.07 Å². The fourth-order valence-corrected chi connectivity index (χ4v) is 2.08. The second-order valence-corrected chi connectivity index (χ2v) is 5.37. The Balaban J connectivity index is 2.49. The second-order valence-electron chi connectivity index (χ2n) is 5.37. The van der Waals surface area contributed by atoms with Gasteiger partial charge in [0.15, 0.2) is 11.5 Å². The van der Waals surface area contributed by atoms with Gasteiger partial charge >= 0.3 is 6.18 Å². The summed E-state index contributed by atoms with van der Waals surface area (Å²) in [4.78, 5) is 4.18. The summed E-state index contributed by atoms with van der Waals surface area (Å²) >= 11 is 0. The van der Waals surface area contributed by atoms with Crippen LogP contribution in [-0.4, -0.2) is 11.5 Å². The van der Waals surface area contributed by atoms with Crippen LogP contribution < -0.4 is 5.32 Å². The predicted octanol–water partition coefficient (Wildman–Crippen LogP) is 4.47. The van der Waals surface area contributed by atoms with Gasteiger partial charge in [-0.1, -0.05) is 20.8 Å². The minimum absolute atomic E-state index is 0.0554. The van der Waals surface area contributed by atoms with Crippen molar-refractivity contribution in [2.24, 2.45) is 0 Å². The second kappa shape index (κ2) is 6.05. The Hall–Kier alpha value is -1.56. The number of oxazole rings is 1. The summed E-state index contributed by atoms with van der Waals surface area (Å²) in [5.74, 6) is 0.273. The highest BCUT2D eigenvalue weighted by molar-refractivity contribution is 5.78. The van der Waals surface area contributed by atoms with Crippen molar-refractivity contribution in [1.29, 1.82) is 0 Å². The monoisotopic (exact) mass is 300 g/mol. The molecule has 0 saturated heterocycles. The lowest BCUT2D eigenvalue weighted by Crippen LogP contribution is -2.15. The average molecular weight is 300 g/mol. The van der Waals surface area contributed by atoms with E-state index >= 15 is 0 Å². The third-order valence-electron chi connectivity index (χ3n) is 3.12. The molecule has 0 aliphatic carbocycles. The zero-order chi connectivity index (χ0) is 15.6. The first-order valence-electron chi connectivity index (χ1n) is 7.04. The van der Waals surface area contributed by atoms with Crippen molar-refractivity contribution >= 4 is 11.1 Å². The van der Waals surface area contributed by atoms with Gasteiger partial charge in [0, 0.05) is 12.5 Å². The van der Waals surface area contributed by atoms with E-state index in [-0.39, 0.29) is 17.0 Å². The summed E-state index contributed by atoms with van der Waals surface area (Å²) in [6, 6.07) is 2.79. The maximum atomic E-state index is 13.2. The van der Waals surface area contributed by atoms with Crippen LogP contribution in [0, 0.1) is 0 Å². The maximum Gasteiger partial charge on any atom is 0.420 e. The topological polar surface area (TPSA) is 38.1 Å². The Morgan fingerprint density at radius 2 is 2.00 bits per heavy atom. The van der Waals surface area contributed by atoms with Crippen molar-refractivity contribution in [1.82, 2.24) is 10.3 Å². The highest BCUT2D eigenvalue weighted by Crippen LogP contribution is 2.37. The Labute approximate surface area is 121 Å². The molecule has 0 unspecified atom stereocenters. The number of halogens is 3. The molecule has 6 heteroatoms.